The molecule has 0 fully saturated rings. The predicted octanol–water partition coefficient (Wildman–Crippen LogP) is 4.76. The lowest BCUT2D eigenvalue weighted by Gasteiger charge is -2.34. The zero-order valence-electron chi connectivity index (χ0n) is 16.9. The molecule has 11 heteroatoms. The van der Waals surface area contributed by atoms with Gasteiger partial charge >= 0.3 is 5.69 Å². The van der Waals surface area contributed by atoms with Gasteiger partial charge in [0, 0.05) is 17.3 Å². The molecule has 0 amide bonds. The number of amidine groups is 1. The number of nitro benzene ring substituents is 2. The first kappa shape index (κ1) is 22.0. The number of rotatable bonds is 5. The maximum Gasteiger partial charge on any atom is 0.300 e. The van der Waals surface area contributed by atoms with Crippen LogP contribution in [-0.4, -0.2) is 30.7 Å². The van der Waals surface area contributed by atoms with Crippen LogP contribution < -0.4 is 5.43 Å². The van der Waals surface area contributed by atoms with Crippen LogP contribution >= 0.6 is 11.8 Å². The third-order valence-electron chi connectivity index (χ3n) is 4.30. The molecule has 3 rings (SSSR count). The molecule has 0 saturated heterocycles. The zero-order chi connectivity index (χ0) is 22.8. The Kier molecular flexibility index (Phi) is 6.07. The van der Waals surface area contributed by atoms with E-state index in [1.165, 1.54) is 17.1 Å². The minimum absolute atomic E-state index is 0.0310. The largest absolute Gasteiger partial charge is 0.300 e. The average molecular weight is 441 g/mol. The van der Waals surface area contributed by atoms with E-state index >= 15 is 0 Å². The van der Waals surface area contributed by atoms with Crippen molar-refractivity contribution in [2.24, 2.45) is 4.99 Å². The number of aliphatic imine (C=N–C) groups is 1. The molecule has 0 aromatic heterocycles. The first-order valence-electron chi connectivity index (χ1n) is 9.13. The second-order valence-corrected chi connectivity index (χ2v) is 8.19. The first-order chi connectivity index (χ1) is 14.6. The summed E-state index contributed by atoms with van der Waals surface area (Å²) in [6.45, 7) is 5.51. The number of nitrogens with one attached hydrogen (secondary N) is 1. The molecule has 160 valence electrons. The highest BCUT2D eigenvalue weighted by atomic mass is 32.2. The third kappa shape index (κ3) is 5.07. The molecule has 1 N–H and O–H groups in total. The molecule has 10 nitrogen and oxygen atoms in total. The summed E-state index contributed by atoms with van der Waals surface area (Å²) >= 11 is 0.885. The van der Waals surface area contributed by atoms with Crippen LogP contribution in [0, 0.1) is 20.2 Å². The normalized spacial score (nSPS) is 15.0. The Hall–Kier alpha value is -3.73. The Morgan fingerprint density at radius 3 is 2.39 bits per heavy atom. The highest BCUT2D eigenvalue weighted by Gasteiger charge is 2.30. The highest BCUT2D eigenvalue weighted by Crippen LogP contribution is 2.33. The molecule has 1 heterocycles. The molecular formula is C20H19N5O5S. The van der Waals surface area contributed by atoms with E-state index in [9.17, 15) is 25.0 Å². The monoisotopic (exact) mass is 441 g/mol. The second kappa shape index (κ2) is 8.56. The van der Waals surface area contributed by atoms with Crippen LogP contribution in [0.25, 0.3) is 0 Å². The molecule has 0 radical (unpaired) electrons. The minimum Gasteiger partial charge on any atom is -0.286 e. The van der Waals surface area contributed by atoms with E-state index < -0.39 is 26.8 Å². The van der Waals surface area contributed by atoms with Gasteiger partial charge < -0.3 is 0 Å². The van der Waals surface area contributed by atoms with Crippen LogP contribution in [0.15, 0.2) is 65.3 Å². The third-order valence-corrected chi connectivity index (χ3v) is 5.18. The number of hydrazine groups is 1. The Labute approximate surface area is 181 Å². The van der Waals surface area contributed by atoms with Crippen LogP contribution in [0.5, 0.6) is 0 Å². The number of anilines is 1. The van der Waals surface area contributed by atoms with Gasteiger partial charge in [-0.2, -0.15) is 0 Å². The number of allylic oxidation sites excluding steroid dienone is 1. The van der Waals surface area contributed by atoms with Crippen molar-refractivity contribution in [2.75, 3.05) is 5.43 Å². The molecule has 2 aromatic carbocycles. The molecule has 0 saturated carbocycles. The fourth-order valence-corrected chi connectivity index (χ4v) is 3.96. The van der Waals surface area contributed by atoms with E-state index in [0.717, 1.165) is 17.8 Å². The quantitative estimate of drug-likeness (QED) is 0.519. The van der Waals surface area contributed by atoms with E-state index in [4.69, 9.17) is 0 Å². The van der Waals surface area contributed by atoms with Gasteiger partial charge in [-0.1, -0.05) is 30.3 Å². The predicted molar refractivity (Wildman–Crippen MR) is 119 cm³/mol. The lowest BCUT2D eigenvalue weighted by molar-refractivity contribution is -0.393. The number of benzene rings is 2. The van der Waals surface area contributed by atoms with Crippen LogP contribution in [0.3, 0.4) is 0 Å². The molecule has 0 atom stereocenters. The van der Waals surface area contributed by atoms with Crippen LogP contribution in [0.1, 0.15) is 31.1 Å². The van der Waals surface area contributed by atoms with Gasteiger partial charge in [0.1, 0.15) is 5.69 Å². The Morgan fingerprint density at radius 2 is 1.77 bits per heavy atom. The lowest BCUT2D eigenvalue weighted by atomic mass is 10.0. The van der Waals surface area contributed by atoms with Crippen LogP contribution in [0.2, 0.25) is 0 Å². The van der Waals surface area contributed by atoms with Gasteiger partial charge in [-0.15, -0.1) is 0 Å². The summed E-state index contributed by atoms with van der Waals surface area (Å²) in [5.41, 5.74) is 2.61. The zero-order valence-corrected chi connectivity index (χ0v) is 17.8. The van der Waals surface area contributed by atoms with Gasteiger partial charge in [-0.3, -0.25) is 30.4 Å². The molecule has 0 aliphatic carbocycles. The van der Waals surface area contributed by atoms with E-state index in [0.29, 0.717) is 16.4 Å². The van der Waals surface area contributed by atoms with E-state index in [2.05, 4.69) is 10.4 Å². The molecule has 1 aliphatic rings. The van der Waals surface area contributed by atoms with Gasteiger partial charge in [0.15, 0.2) is 5.17 Å². The Bertz CT molecular complexity index is 1110. The number of hydrogen-bond acceptors (Lipinski definition) is 9. The van der Waals surface area contributed by atoms with Gasteiger partial charge in [0.25, 0.3) is 5.69 Å². The van der Waals surface area contributed by atoms with Crippen molar-refractivity contribution in [3.05, 3.63) is 86.1 Å². The topological polar surface area (TPSA) is 131 Å². The molecule has 1 aliphatic heterocycles. The lowest BCUT2D eigenvalue weighted by Crippen LogP contribution is -2.40. The summed E-state index contributed by atoms with van der Waals surface area (Å²) in [4.78, 5) is 38.4. The van der Waals surface area contributed by atoms with Crippen molar-refractivity contribution in [1.82, 2.24) is 5.01 Å². The number of carbonyl (C=O) groups is 1. The van der Waals surface area contributed by atoms with Crippen LogP contribution in [0.4, 0.5) is 17.1 Å². The molecule has 0 unspecified atom stereocenters. The van der Waals surface area contributed by atoms with E-state index in [1.807, 2.05) is 19.9 Å². The maximum absolute atomic E-state index is 12.7. The standard InChI is InChI=1S/C20H19N5O5S/c1-13-12-20(2,3)21-19(31-18(26)14-7-5-4-6-8-14)23(13)22-16-10-9-15(24(27)28)11-17(16)25(29)30/h4-12,22H,1-3H3. The minimum atomic E-state index is -0.707. The Morgan fingerprint density at radius 1 is 1.10 bits per heavy atom. The molecule has 2 aromatic rings. The molecular weight excluding hydrogens is 422 g/mol. The molecule has 31 heavy (non-hydrogen) atoms. The Balaban J connectivity index is 1.96. The van der Waals surface area contributed by atoms with E-state index in [1.54, 1.807) is 37.3 Å². The fraction of sp³-hybridized carbons (Fsp3) is 0.200. The molecule has 0 bridgehead atoms. The SMILES string of the molecule is CC1=CC(C)(C)N=C(SC(=O)c2ccccc2)N1Nc1ccc([N+](=O)[O-])cc1[N+](=O)[O-]. The summed E-state index contributed by atoms with van der Waals surface area (Å²) in [6, 6.07) is 12.0. The van der Waals surface area contributed by atoms with Crippen molar-refractivity contribution in [3.8, 4) is 0 Å². The summed E-state index contributed by atoms with van der Waals surface area (Å²) in [5, 5.41) is 24.0. The summed E-state index contributed by atoms with van der Waals surface area (Å²) in [5.74, 6) is 0. The van der Waals surface area contributed by atoms with Crippen molar-refractivity contribution < 1.29 is 14.6 Å². The number of nitrogens with zero attached hydrogens (tertiary/aromatic N) is 4. The second-order valence-electron chi connectivity index (χ2n) is 7.25. The van der Waals surface area contributed by atoms with Crippen molar-refractivity contribution in [3.63, 3.8) is 0 Å². The first-order valence-corrected chi connectivity index (χ1v) is 9.95. The average Bonchev–Trinajstić information content (AvgIpc) is 2.70. The summed E-state index contributed by atoms with van der Waals surface area (Å²) < 4.78 is 0. The van der Waals surface area contributed by atoms with Crippen molar-refractivity contribution in [1.29, 1.82) is 0 Å². The maximum atomic E-state index is 12.7. The highest BCUT2D eigenvalue weighted by molar-refractivity contribution is 8.26. The van der Waals surface area contributed by atoms with E-state index in [-0.39, 0.29) is 10.8 Å². The van der Waals surface area contributed by atoms with Gasteiger partial charge in [0.05, 0.1) is 21.5 Å². The number of carbonyl (C=O) groups excluding carboxylic acids is 1. The fourth-order valence-electron chi connectivity index (χ4n) is 2.98. The number of hydrogen-bond donors (Lipinski definition) is 1. The smallest absolute Gasteiger partial charge is 0.286 e. The van der Waals surface area contributed by atoms with Gasteiger partial charge in [-0.25, -0.2) is 10.0 Å². The number of thioether (sulfide) groups is 1. The van der Waals surface area contributed by atoms with Crippen molar-refractivity contribution in [2.45, 2.75) is 26.3 Å². The number of non-ortho nitro benzene ring substituents is 1. The van der Waals surface area contributed by atoms with Crippen LogP contribution in [-0.2, 0) is 0 Å². The molecule has 0 spiro atoms. The van der Waals surface area contributed by atoms with Gasteiger partial charge in [-0.05, 0) is 44.7 Å². The summed E-state index contributed by atoms with van der Waals surface area (Å²) in [6.07, 6.45) is 1.84. The van der Waals surface area contributed by atoms with Gasteiger partial charge in [0.2, 0.25) is 5.12 Å². The van der Waals surface area contributed by atoms with Crippen molar-refractivity contribution >= 4 is 39.1 Å². The number of nitro groups is 2. The summed E-state index contributed by atoms with van der Waals surface area (Å²) in [7, 11) is 0.